The van der Waals surface area contributed by atoms with Gasteiger partial charge in [-0.05, 0) is 58.0 Å². The molecule has 3 aromatic heterocycles. The zero-order valence-electron chi connectivity index (χ0n) is 22.8. The van der Waals surface area contributed by atoms with Gasteiger partial charge >= 0.3 is 0 Å². The van der Waals surface area contributed by atoms with E-state index < -0.39 is 0 Å². The number of nitrogens with zero attached hydrogens (tertiary/aromatic N) is 3. The highest BCUT2D eigenvalue weighted by Gasteiger charge is 2.23. The molecule has 0 N–H and O–H groups in total. The summed E-state index contributed by atoms with van der Waals surface area (Å²) in [6.45, 7) is 0. The highest BCUT2D eigenvalue weighted by atomic mass is 15.0. The van der Waals surface area contributed by atoms with Gasteiger partial charge < -0.3 is 0 Å². The minimum absolute atomic E-state index is 0.830. The fraction of sp³-hybridized carbons (Fsp3) is 0.0256. The van der Waals surface area contributed by atoms with Gasteiger partial charge in [-0.2, -0.15) is 0 Å². The number of benzene rings is 6. The molecule has 0 spiro atoms. The van der Waals surface area contributed by atoms with Crippen LogP contribution in [0.15, 0.2) is 140 Å². The summed E-state index contributed by atoms with van der Waals surface area (Å²) in [6, 6.07) is 49.7. The molecule has 9 rings (SSSR count). The maximum Gasteiger partial charge on any atom is 0.165 e. The maximum atomic E-state index is 5.15. The van der Waals surface area contributed by atoms with E-state index in [4.69, 9.17) is 9.97 Å². The normalized spacial score (nSPS) is 11.9. The molecule has 6 aromatic carbocycles. The molecule has 0 unspecified atom stereocenters. The first-order valence-corrected chi connectivity index (χ1v) is 14.4. The van der Waals surface area contributed by atoms with Crippen LogP contribution in [0.3, 0.4) is 0 Å². The fourth-order valence-corrected chi connectivity index (χ4v) is 6.69. The zero-order chi connectivity index (χ0) is 27.6. The van der Waals surface area contributed by atoms with E-state index in [1.165, 1.54) is 55.2 Å². The van der Waals surface area contributed by atoms with Crippen LogP contribution in [0.1, 0.15) is 11.1 Å². The van der Waals surface area contributed by atoms with Crippen molar-refractivity contribution >= 4 is 49.4 Å². The highest BCUT2D eigenvalue weighted by molar-refractivity contribution is 6.23. The molecule has 0 fully saturated rings. The summed E-state index contributed by atoms with van der Waals surface area (Å²) in [5.74, 6) is 0. The summed E-state index contributed by atoms with van der Waals surface area (Å²) in [6.07, 6.45) is 0.830. The second kappa shape index (κ2) is 8.98. The van der Waals surface area contributed by atoms with Gasteiger partial charge in [0.05, 0.1) is 22.1 Å². The molecule has 0 bridgehead atoms. The monoisotopic (exact) mass is 535 g/mol. The molecule has 196 valence electrons. The number of fused-ring (bicyclic) bond motifs is 7. The lowest BCUT2D eigenvalue weighted by Gasteiger charge is -2.14. The molecule has 0 atom stereocenters. The Morgan fingerprint density at radius 3 is 1.90 bits per heavy atom. The van der Waals surface area contributed by atoms with Gasteiger partial charge in [0.1, 0.15) is 5.52 Å². The molecule has 9 aromatic rings. The van der Waals surface area contributed by atoms with Crippen molar-refractivity contribution in [3.63, 3.8) is 0 Å². The van der Waals surface area contributed by atoms with Crippen LogP contribution in [0.25, 0.3) is 71.6 Å². The van der Waals surface area contributed by atoms with Gasteiger partial charge in [0.25, 0.3) is 0 Å². The second-order valence-electron chi connectivity index (χ2n) is 11.0. The lowest BCUT2D eigenvalue weighted by Crippen LogP contribution is -1.95. The largest absolute Gasteiger partial charge is 0.291 e. The Hall–Kier alpha value is -5.54. The van der Waals surface area contributed by atoms with Crippen LogP contribution in [0.5, 0.6) is 0 Å². The molecule has 0 aliphatic carbocycles. The lowest BCUT2D eigenvalue weighted by molar-refractivity contribution is 1.21. The van der Waals surface area contributed by atoms with Gasteiger partial charge in [0.2, 0.25) is 0 Å². The van der Waals surface area contributed by atoms with E-state index in [0.29, 0.717) is 0 Å². The van der Waals surface area contributed by atoms with Crippen molar-refractivity contribution < 1.29 is 0 Å². The van der Waals surface area contributed by atoms with Crippen molar-refractivity contribution in [2.75, 3.05) is 0 Å². The standard InChI is InChI=1S/C39H25N3/c1-3-10-26(11-4-1)27-20-18-25(19-21-27)24-32-29(28-12-5-2-6-13-28)22-23-35-36(32)30-14-9-15-31-37-39(42(35)38(30)31)41-34-17-8-7-16-33(34)40-37/h1-23H,24H2. The third kappa shape index (κ3) is 3.40. The average molecular weight is 536 g/mol. The van der Waals surface area contributed by atoms with Crippen LogP contribution < -0.4 is 0 Å². The minimum atomic E-state index is 0.830. The van der Waals surface area contributed by atoms with Crippen molar-refractivity contribution in [2.45, 2.75) is 6.42 Å². The molecule has 42 heavy (non-hydrogen) atoms. The molecule has 0 amide bonds. The molecule has 3 heteroatoms. The summed E-state index contributed by atoms with van der Waals surface area (Å²) < 4.78 is 2.34. The maximum absolute atomic E-state index is 5.15. The van der Waals surface area contributed by atoms with Gasteiger partial charge in [-0.15, -0.1) is 0 Å². The smallest absolute Gasteiger partial charge is 0.165 e. The van der Waals surface area contributed by atoms with E-state index in [9.17, 15) is 0 Å². The predicted molar refractivity (Wildman–Crippen MR) is 174 cm³/mol. The first kappa shape index (κ1) is 23.2. The molecular weight excluding hydrogens is 510 g/mol. The Balaban J connectivity index is 1.32. The van der Waals surface area contributed by atoms with Crippen LogP contribution >= 0.6 is 0 Å². The Morgan fingerprint density at radius 2 is 1.14 bits per heavy atom. The van der Waals surface area contributed by atoms with Crippen LogP contribution in [-0.2, 0) is 6.42 Å². The second-order valence-corrected chi connectivity index (χ2v) is 11.0. The molecule has 0 saturated heterocycles. The van der Waals surface area contributed by atoms with E-state index in [0.717, 1.165) is 34.0 Å². The van der Waals surface area contributed by atoms with Gasteiger partial charge in [0.15, 0.2) is 5.65 Å². The Bertz CT molecular complexity index is 2400. The summed E-state index contributed by atoms with van der Waals surface area (Å²) >= 11 is 0. The van der Waals surface area contributed by atoms with Crippen LogP contribution in [0.4, 0.5) is 0 Å². The zero-order valence-corrected chi connectivity index (χ0v) is 22.8. The van der Waals surface area contributed by atoms with Crippen LogP contribution in [0.2, 0.25) is 0 Å². The number of hydrogen-bond acceptors (Lipinski definition) is 2. The van der Waals surface area contributed by atoms with E-state index in [2.05, 4.69) is 120 Å². The number of hydrogen-bond donors (Lipinski definition) is 0. The predicted octanol–water partition coefficient (Wildman–Crippen LogP) is 9.70. The third-order valence-corrected chi connectivity index (χ3v) is 8.61. The first-order valence-electron chi connectivity index (χ1n) is 14.4. The quantitative estimate of drug-likeness (QED) is 0.225. The van der Waals surface area contributed by atoms with Crippen LogP contribution in [-0.4, -0.2) is 14.4 Å². The molecular formula is C39H25N3. The van der Waals surface area contributed by atoms with Crippen molar-refractivity contribution in [3.05, 3.63) is 151 Å². The van der Waals surface area contributed by atoms with Gasteiger partial charge in [-0.25, -0.2) is 9.97 Å². The van der Waals surface area contributed by atoms with Gasteiger partial charge in [0, 0.05) is 16.2 Å². The van der Waals surface area contributed by atoms with E-state index in [1.54, 1.807) is 0 Å². The van der Waals surface area contributed by atoms with Crippen molar-refractivity contribution in [2.24, 2.45) is 0 Å². The molecule has 0 saturated carbocycles. The molecule has 0 aliphatic rings. The Kier molecular flexibility index (Phi) is 4.96. The number of aromatic nitrogens is 3. The van der Waals surface area contributed by atoms with Crippen molar-refractivity contribution in [1.29, 1.82) is 0 Å². The van der Waals surface area contributed by atoms with E-state index in [1.807, 2.05) is 24.3 Å². The summed E-state index contributed by atoms with van der Waals surface area (Å²) in [5.41, 5.74) is 13.7. The molecule has 3 nitrogen and oxygen atoms in total. The van der Waals surface area contributed by atoms with E-state index >= 15 is 0 Å². The van der Waals surface area contributed by atoms with Gasteiger partial charge in [-0.1, -0.05) is 121 Å². The summed E-state index contributed by atoms with van der Waals surface area (Å²) in [7, 11) is 0. The minimum Gasteiger partial charge on any atom is -0.291 e. The fourth-order valence-electron chi connectivity index (χ4n) is 6.69. The molecule has 3 heterocycles. The summed E-state index contributed by atoms with van der Waals surface area (Å²) in [5, 5.41) is 3.69. The third-order valence-electron chi connectivity index (χ3n) is 8.61. The summed E-state index contributed by atoms with van der Waals surface area (Å²) in [4.78, 5) is 10.2. The van der Waals surface area contributed by atoms with Crippen LogP contribution in [0, 0.1) is 0 Å². The highest BCUT2D eigenvalue weighted by Crippen LogP contribution is 2.42. The Labute approximate surface area is 242 Å². The number of para-hydroxylation sites is 3. The topological polar surface area (TPSA) is 30.2 Å². The van der Waals surface area contributed by atoms with Crippen molar-refractivity contribution in [1.82, 2.24) is 14.4 Å². The first-order chi connectivity index (χ1) is 20.8. The van der Waals surface area contributed by atoms with Gasteiger partial charge in [-0.3, -0.25) is 4.40 Å². The van der Waals surface area contributed by atoms with Crippen molar-refractivity contribution in [3.8, 4) is 22.3 Å². The molecule has 0 radical (unpaired) electrons. The SMILES string of the molecule is c1ccc(-c2ccc(Cc3c(-c4ccccc4)ccc4c3c3cccc5c6nc7ccccc7nc6n4c53)cc2)cc1. The average Bonchev–Trinajstić information content (AvgIpc) is 3.57. The lowest BCUT2D eigenvalue weighted by atomic mass is 9.90. The Morgan fingerprint density at radius 1 is 0.500 bits per heavy atom. The van der Waals surface area contributed by atoms with E-state index in [-0.39, 0.29) is 0 Å². The molecule has 0 aliphatic heterocycles. The number of rotatable bonds is 4.